The number of nitrogens with zero attached hydrogens (tertiary/aromatic N) is 2. The molecule has 0 radical (unpaired) electrons. The predicted molar refractivity (Wildman–Crippen MR) is 70.5 cm³/mol. The molecule has 0 saturated heterocycles. The first-order chi connectivity index (χ1) is 8.94. The number of hydrogen-bond donors (Lipinski definition) is 1. The maximum atomic E-state index is 12.6. The lowest BCUT2D eigenvalue weighted by Gasteiger charge is -2.22. The minimum atomic E-state index is -4.20. The highest BCUT2D eigenvalue weighted by molar-refractivity contribution is 7.15. The maximum absolute atomic E-state index is 12.6. The third-order valence-electron chi connectivity index (χ3n) is 3.00. The van der Waals surface area contributed by atoms with Crippen LogP contribution in [0.3, 0.4) is 0 Å². The summed E-state index contributed by atoms with van der Waals surface area (Å²) in [5.74, 6) is 0.415. The molecule has 1 aliphatic carbocycles. The summed E-state index contributed by atoms with van der Waals surface area (Å²) in [5.41, 5.74) is 6.58. The highest BCUT2D eigenvalue weighted by Gasteiger charge is 2.34. The molecule has 0 unspecified atom stereocenters. The maximum Gasteiger partial charge on any atom is 0.406 e. The minimum Gasteiger partial charge on any atom is -0.339 e. The number of aromatic nitrogens is 1. The van der Waals surface area contributed by atoms with Crippen LogP contribution in [0.25, 0.3) is 0 Å². The summed E-state index contributed by atoms with van der Waals surface area (Å²) in [6, 6.07) is 0. The van der Waals surface area contributed by atoms with Crippen molar-refractivity contribution in [3.8, 4) is 0 Å². The van der Waals surface area contributed by atoms with Crippen molar-refractivity contribution < 1.29 is 13.2 Å². The highest BCUT2D eigenvalue weighted by atomic mass is 32.1. The Morgan fingerprint density at radius 3 is 2.58 bits per heavy atom. The van der Waals surface area contributed by atoms with Gasteiger partial charge < -0.3 is 10.6 Å². The zero-order valence-electron chi connectivity index (χ0n) is 10.8. The second-order valence-corrected chi connectivity index (χ2v) is 5.88. The molecule has 0 atom stereocenters. The Labute approximate surface area is 114 Å². The Bertz CT molecular complexity index is 426. The van der Waals surface area contributed by atoms with E-state index in [-0.39, 0.29) is 0 Å². The summed E-state index contributed by atoms with van der Waals surface area (Å²) in [5, 5.41) is 0.460. The van der Waals surface area contributed by atoms with Gasteiger partial charge in [0.05, 0.1) is 5.69 Å². The zero-order valence-corrected chi connectivity index (χ0v) is 11.7. The van der Waals surface area contributed by atoms with E-state index in [0.717, 1.165) is 23.4 Å². The van der Waals surface area contributed by atoms with Crippen molar-refractivity contribution in [3.05, 3.63) is 10.6 Å². The summed E-state index contributed by atoms with van der Waals surface area (Å²) in [7, 11) is 0. The van der Waals surface area contributed by atoms with Gasteiger partial charge in [-0.3, -0.25) is 0 Å². The Morgan fingerprint density at radius 2 is 2.11 bits per heavy atom. The minimum absolute atomic E-state index is 0.357. The van der Waals surface area contributed by atoms with Crippen LogP contribution in [0.5, 0.6) is 0 Å². The van der Waals surface area contributed by atoms with E-state index in [0.29, 0.717) is 30.6 Å². The number of halogens is 3. The first-order valence-corrected chi connectivity index (χ1v) is 7.27. The van der Waals surface area contributed by atoms with Gasteiger partial charge in [-0.25, -0.2) is 4.98 Å². The Kier molecular flexibility index (Phi) is 4.35. The molecule has 1 saturated carbocycles. The highest BCUT2D eigenvalue weighted by Crippen LogP contribution is 2.44. The van der Waals surface area contributed by atoms with E-state index in [4.69, 9.17) is 5.73 Å². The van der Waals surface area contributed by atoms with Crippen LogP contribution in [-0.2, 0) is 6.54 Å². The van der Waals surface area contributed by atoms with Crippen molar-refractivity contribution in [3.63, 3.8) is 0 Å². The summed E-state index contributed by atoms with van der Waals surface area (Å²) in [4.78, 5) is 6.66. The lowest BCUT2D eigenvalue weighted by atomic mass is 10.2. The molecule has 0 bridgehead atoms. The lowest BCUT2D eigenvalue weighted by molar-refractivity contribution is -0.119. The third-order valence-corrected chi connectivity index (χ3v) is 4.15. The fourth-order valence-corrected chi connectivity index (χ4v) is 3.09. The topological polar surface area (TPSA) is 42.2 Å². The van der Waals surface area contributed by atoms with Gasteiger partial charge in [-0.05, 0) is 19.3 Å². The molecule has 3 nitrogen and oxygen atoms in total. The van der Waals surface area contributed by atoms with E-state index in [9.17, 15) is 13.2 Å². The van der Waals surface area contributed by atoms with Crippen molar-refractivity contribution in [2.24, 2.45) is 5.73 Å². The average molecular weight is 293 g/mol. The number of rotatable bonds is 6. The number of nitrogens with two attached hydrogens (primary N) is 1. The second kappa shape index (κ2) is 5.66. The largest absolute Gasteiger partial charge is 0.406 e. The van der Waals surface area contributed by atoms with Gasteiger partial charge in [0.15, 0.2) is 5.13 Å². The van der Waals surface area contributed by atoms with Crippen LogP contribution < -0.4 is 10.6 Å². The Hall–Kier alpha value is -0.820. The van der Waals surface area contributed by atoms with E-state index >= 15 is 0 Å². The molecular weight excluding hydrogens is 275 g/mol. The molecule has 1 aromatic heterocycles. The number of anilines is 1. The van der Waals surface area contributed by atoms with E-state index in [1.54, 1.807) is 0 Å². The van der Waals surface area contributed by atoms with Gasteiger partial charge in [0.1, 0.15) is 6.54 Å². The van der Waals surface area contributed by atoms with Crippen molar-refractivity contribution in [2.45, 2.75) is 44.8 Å². The predicted octanol–water partition coefficient (Wildman–Crippen LogP) is 3.26. The first kappa shape index (κ1) is 14.6. The normalized spacial score (nSPS) is 15.8. The molecule has 19 heavy (non-hydrogen) atoms. The van der Waals surface area contributed by atoms with Gasteiger partial charge in [0.25, 0.3) is 0 Å². The fourth-order valence-electron chi connectivity index (χ4n) is 2.04. The number of thiazole rings is 1. The molecule has 0 spiro atoms. The molecule has 1 fully saturated rings. The van der Waals surface area contributed by atoms with Crippen LogP contribution in [0.1, 0.15) is 42.7 Å². The lowest BCUT2D eigenvalue weighted by Crippen LogP contribution is -2.34. The fraction of sp³-hybridized carbons (Fsp3) is 0.750. The van der Waals surface area contributed by atoms with Gasteiger partial charge in [-0.15, -0.1) is 11.3 Å². The van der Waals surface area contributed by atoms with Crippen molar-refractivity contribution in [2.75, 3.05) is 18.0 Å². The number of hydrogen-bond acceptors (Lipinski definition) is 4. The van der Waals surface area contributed by atoms with Gasteiger partial charge in [-0.2, -0.15) is 13.2 Å². The average Bonchev–Trinajstić information content (AvgIpc) is 3.06. The standard InChI is InChI=1S/C12H18F3N3S/c1-2-5-18(7-12(13,14)15)11-17-10(8-3-4-8)9(6-16)19-11/h8H,2-7,16H2,1H3. The second-order valence-electron chi connectivity index (χ2n) is 4.82. The number of alkyl halides is 3. The van der Waals surface area contributed by atoms with E-state index in [1.807, 2.05) is 6.92 Å². The van der Waals surface area contributed by atoms with Crippen LogP contribution in [0.4, 0.5) is 18.3 Å². The van der Waals surface area contributed by atoms with Crippen molar-refractivity contribution in [1.29, 1.82) is 0 Å². The van der Waals surface area contributed by atoms with Crippen LogP contribution >= 0.6 is 11.3 Å². The quantitative estimate of drug-likeness (QED) is 0.875. The molecule has 1 aliphatic rings. The third kappa shape index (κ3) is 3.82. The van der Waals surface area contributed by atoms with Crippen molar-refractivity contribution >= 4 is 16.5 Å². The summed E-state index contributed by atoms with van der Waals surface area (Å²) in [6.45, 7) is 1.64. The molecule has 0 amide bonds. The SMILES string of the molecule is CCCN(CC(F)(F)F)c1nc(C2CC2)c(CN)s1. The van der Waals surface area contributed by atoms with Gasteiger partial charge >= 0.3 is 6.18 Å². The molecule has 108 valence electrons. The van der Waals surface area contributed by atoms with Crippen LogP contribution in [-0.4, -0.2) is 24.2 Å². The monoisotopic (exact) mass is 293 g/mol. The molecule has 0 aliphatic heterocycles. The molecule has 0 aromatic carbocycles. The summed E-state index contributed by atoms with van der Waals surface area (Å²) >= 11 is 1.31. The Morgan fingerprint density at radius 1 is 1.42 bits per heavy atom. The van der Waals surface area contributed by atoms with Crippen molar-refractivity contribution in [1.82, 2.24) is 4.98 Å². The van der Waals surface area contributed by atoms with E-state index < -0.39 is 12.7 Å². The van der Waals surface area contributed by atoms with Crippen LogP contribution in [0, 0.1) is 0 Å². The molecule has 1 heterocycles. The molecule has 2 rings (SSSR count). The summed E-state index contributed by atoms with van der Waals surface area (Å²) in [6.07, 6.45) is -1.40. The zero-order chi connectivity index (χ0) is 14.0. The summed E-state index contributed by atoms with van der Waals surface area (Å²) < 4.78 is 37.8. The van der Waals surface area contributed by atoms with E-state index in [1.165, 1.54) is 16.2 Å². The molecule has 2 N–H and O–H groups in total. The molecule has 1 aromatic rings. The van der Waals surface area contributed by atoms with Gasteiger partial charge in [-0.1, -0.05) is 6.92 Å². The van der Waals surface area contributed by atoms with Crippen LogP contribution in [0.15, 0.2) is 0 Å². The van der Waals surface area contributed by atoms with E-state index in [2.05, 4.69) is 4.98 Å². The molecular formula is C12H18F3N3S. The Balaban J connectivity index is 2.20. The van der Waals surface area contributed by atoms with Gasteiger partial charge in [0, 0.05) is 23.9 Å². The molecule has 7 heteroatoms. The smallest absolute Gasteiger partial charge is 0.339 e. The van der Waals surface area contributed by atoms with Crippen LogP contribution in [0.2, 0.25) is 0 Å². The van der Waals surface area contributed by atoms with Gasteiger partial charge in [0.2, 0.25) is 0 Å². The first-order valence-electron chi connectivity index (χ1n) is 6.46.